The van der Waals surface area contributed by atoms with Gasteiger partial charge < -0.3 is 10.4 Å². The minimum absolute atomic E-state index is 0.296. The lowest BCUT2D eigenvalue weighted by Crippen LogP contribution is -2.50. The quantitative estimate of drug-likeness (QED) is 0.637. The molecule has 1 atom stereocenters. The topological polar surface area (TPSA) is 91.3 Å². The van der Waals surface area contributed by atoms with E-state index in [9.17, 15) is 9.59 Å². The zero-order valence-corrected chi connectivity index (χ0v) is 11.3. The van der Waals surface area contributed by atoms with E-state index in [1.807, 2.05) is 26.0 Å². The number of rotatable bonds is 6. The first-order chi connectivity index (χ1) is 8.88. The smallest absolute Gasteiger partial charge is 0.330 e. The van der Waals surface area contributed by atoms with Crippen molar-refractivity contribution in [1.82, 2.24) is 15.6 Å². The molecule has 0 saturated carbocycles. The molecular weight excluding hydrogens is 246 g/mol. The number of carbonyl (C=O) groups excluding carboxylic acids is 1. The van der Waals surface area contributed by atoms with Crippen LogP contribution in [-0.2, 0) is 15.0 Å². The maximum Gasteiger partial charge on any atom is 0.330 e. The largest absolute Gasteiger partial charge is 0.480 e. The molecule has 0 aliphatic heterocycles. The highest BCUT2D eigenvalue weighted by Gasteiger charge is 2.27. The van der Waals surface area contributed by atoms with Crippen LogP contribution in [0.3, 0.4) is 0 Å². The number of likely N-dealkylation sites (N-methyl/N-ethyl adjacent to an activating group) is 1. The number of nitrogens with one attached hydrogen (secondary N) is 2. The Balaban J connectivity index is 2.66. The van der Waals surface area contributed by atoms with Crippen molar-refractivity contribution in [2.45, 2.75) is 25.3 Å². The fourth-order valence-corrected chi connectivity index (χ4v) is 1.68. The van der Waals surface area contributed by atoms with Crippen LogP contribution in [0.25, 0.3) is 0 Å². The highest BCUT2D eigenvalue weighted by atomic mass is 16.4. The number of hydrogen-bond acceptors (Lipinski definition) is 4. The molecule has 3 N–H and O–H groups in total. The highest BCUT2D eigenvalue weighted by Crippen LogP contribution is 2.21. The van der Waals surface area contributed by atoms with Gasteiger partial charge >= 0.3 is 5.97 Å². The molecule has 0 bridgehead atoms. The van der Waals surface area contributed by atoms with E-state index in [1.54, 1.807) is 12.4 Å². The molecule has 104 valence electrons. The second kappa shape index (κ2) is 6.29. The molecule has 0 radical (unpaired) electrons. The zero-order valence-electron chi connectivity index (χ0n) is 11.3. The monoisotopic (exact) mass is 265 g/mol. The molecular formula is C13H19N3O3. The van der Waals surface area contributed by atoms with Crippen LogP contribution in [0.4, 0.5) is 0 Å². The van der Waals surface area contributed by atoms with Gasteiger partial charge in [-0.2, -0.15) is 0 Å². The first-order valence-electron chi connectivity index (χ1n) is 5.97. The summed E-state index contributed by atoms with van der Waals surface area (Å²) in [5.74, 6) is -1.74. The number of carboxylic acids is 1. The predicted molar refractivity (Wildman–Crippen MR) is 70.8 cm³/mol. The van der Waals surface area contributed by atoms with E-state index < -0.39 is 17.9 Å². The summed E-state index contributed by atoms with van der Waals surface area (Å²) in [4.78, 5) is 26.5. The molecule has 6 nitrogen and oxygen atoms in total. The molecule has 1 heterocycles. The van der Waals surface area contributed by atoms with Crippen LogP contribution in [0.15, 0.2) is 24.5 Å². The third kappa shape index (κ3) is 4.03. The van der Waals surface area contributed by atoms with Crippen molar-refractivity contribution in [3.05, 3.63) is 30.1 Å². The van der Waals surface area contributed by atoms with Gasteiger partial charge in [-0.05, 0) is 24.7 Å². The Hall–Kier alpha value is -1.95. The average molecular weight is 265 g/mol. The number of nitrogens with zero attached hydrogens (tertiary/aromatic N) is 1. The first-order valence-corrected chi connectivity index (χ1v) is 5.97. The van der Waals surface area contributed by atoms with E-state index in [0.29, 0.717) is 6.54 Å². The molecule has 0 spiro atoms. The molecule has 0 aliphatic rings. The number of amides is 1. The minimum atomic E-state index is -1.23. The van der Waals surface area contributed by atoms with Crippen LogP contribution < -0.4 is 10.6 Å². The van der Waals surface area contributed by atoms with Gasteiger partial charge in [0.15, 0.2) is 6.04 Å². The van der Waals surface area contributed by atoms with Crippen LogP contribution in [0.1, 0.15) is 19.4 Å². The molecule has 1 amide bonds. The van der Waals surface area contributed by atoms with Gasteiger partial charge in [-0.15, -0.1) is 0 Å². The average Bonchev–Trinajstić information content (AvgIpc) is 2.38. The van der Waals surface area contributed by atoms with Crippen molar-refractivity contribution in [2.24, 2.45) is 0 Å². The Morgan fingerprint density at radius 3 is 2.42 bits per heavy atom. The van der Waals surface area contributed by atoms with Crippen molar-refractivity contribution in [1.29, 1.82) is 0 Å². The summed E-state index contributed by atoms with van der Waals surface area (Å²) < 4.78 is 0. The molecule has 1 rings (SSSR count). The van der Waals surface area contributed by atoms with Crippen LogP contribution in [-0.4, -0.2) is 41.6 Å². The third-order valence-electron chi connectivity index (χ3n) is 2.96. The van der Waals surface area contributed by atoms with E-state index in [0.717, 1.165) is 5.56 Å². The first kappa shape index (κ1) is 15.1. The van der Waals surface area contributed by atoms with Crippen molar-refractivity contribution in [2.75, 3.05) is 13.6 Å². The van der Waals surface area contributed by atoms with Crippen LogP contribution in [0, 0.1) is 0 Å². The molecule has 6 heteroatoms. The van der Waals surface area contributed by atoms with Gasteiger partial charge in [0.1, 0.15) is 0 Å². The Morgan fingerprint density at radius 2 is 1.95 bits per heavy atom. The molecule has 0 aliphatic carbocycles. The summed E-state index contributed by atoms with van der Waals surface area (Å²) >= 11 is 0. The fourth-order valence-electron chi connectivity index (χ4n) is 1.68. The molecule has 0 saturated heterocycles. The number of carbonyl (C=O) groups is 2. The molecule has 19 heavy (non-hydrogen) atoms. The summed E-state index contributed by atoms with van der Waals surface area (Å²) in [6.07, 6.45) is 3.37. The second-order valence-corrected chi connectivity index (χ2v) is 4.90. The van der Waals surface area contributed by atoms with Gasteiger partial charge in [0.2, 0.25) is 5.91 Å². The number of carboxylic acid groups (broad SMARTS) is 1. The summed E-state index contributed by atoms with van der Waals surface area (Å²) in [5.41, 5.74) is 0.731. The predicted octanol–water partition coefficient (Wildman–Crippen LogP) is 0.148. The van der Waals surface area contributed by atoms with E-state index in [1.165, 1.54) is 7.05 Å². The van der Waals surface area contributed by atoms with E-state index in [4.69, 9.17) is 5.11 Å². The van der Waals surface area contributed by atoms with Crippen LogP contribution >= 0.6 is 0 Å². The van der Waals surface area contributed by atoms with E-state index in [2.05, 4.69) is 15.6 Å². The van der Waals surface area contributed by atoms with Crippen molar-refractivity contribution < 1.29 is 14.7 Å². The van der Waals surface area contributed by atoms with Gasteiger partial charge in [0.25, 0.3) is 0 Å². The lowest BCUT2D eigenvalue weighted by molar-refractivity contribution is -0.143. The highest BCUT2D eigenvalue weighted by molar-refractivity contribution is 6.01. The van der Waals surface area contributed by atoms with Gasteiger partial charge in [0.05, 0.1) is 0 Å². The Labute approximate surface area is 112 Å². The van der Waals surface area contributed by atoms with Crippen molar-refractivity contribution >= 4 is 11.9 Å². The van der Waals surface area contributed by atoms with Crippen molar-refractivity contribution in [3.63, 3.8) is 0 Å². The van der Waals surface area contributed by atoms with Gasteiger partial charge in [0, 0.05) is 24.4 Å². The van der Waals surface area contributed by atoms with Crippen molar-refractivity contribution in [3.8, 4) is 0 Å². The molecule has 1 aromatic heterocycles. The summed E-state index contributed by atoms with van der Waals surface area (Å²) in [7, 11) is 1.44. The summed E-state index contributed by atoms with van der Waals surface area (Å²) in [6, 6.07) is 2.52. The number of aromatic nitrogens is 1. The molecule has 1 unspecified atom stereocenters. The third-order valence-corrected chi connectivity index (χ3v) is 2.96. The van der Waals surface area contributed by atoms with E-state index in [-0.39, 0.29) is 5.41 Å². The Morgan fingerprint density at radius 1 is 1.37 bits per heavy atom. The van der Waals surface area contributed by atoms with Gasteiger partial charge in [-0.25, -0.2) is 4.79 Å². The number of aliphatic carboxylic acids is 1. The fraction of sp³-hybridized carbons (Fsp3) is 0.462. The van der Waals surface area contributed by atoms with E-state index >= 15 is 0 Å². The molecule has 0 aromatic carbocycles. The maximum atomic E-state index is 11.7. The van der Waals surface area contributed by atoms with Gasteiger partial charge in [-0.1, -0.05) is 13.8 Å². The van der Waals surface area contributed by atoms with Crippen LogP contribution in [0.5, 0.6) is 0 Å². The normalized spacial score (nSPS) is 12.8. The summed E-state index contributed by atoms with van der Waals surface area (Å²) in [6.45, 7) is 4.29. The van der Waals surface area contributed by atoms with Gasteiger partial charge in [-0.3, -0.25) is 15.1 Å². The zero-order chi connectivity index (χ0) is 14.5. The maximum absolute atomic E-state index is 11.7. The standard InChI is InChI=1S/C13H19N3O3/c1-13(2,9-4-6-15-7-5-9)8-16-11(17)10(14-3)12(18)19/h4-7,10,14H,8H2,1-3H3,(H,16,17)(H,18,19). The number of hydrogen-bond donors (Lipinski definition) is 3. The lowest BCUT2D eigenvalue weighted by atomic mass is 9.85. The Bertz CT molecular complexity index is 446. The molecule has 0 fully saturated rings. The Kier molecular flexibility index (Phi) is 5.00. The summed E-state index contributed by atoms with van der Waals surface area (Å²) in [5, 5.41) is 14.0. The second-order valence-electron chi connectivity index (χ2n) is 4.90. The van der Waals surface area contributed by atoms with Crippen LogP contribution in [0.2, 0.25) is 0 Å². The minimum Gasteiger partial charge on any atom is -0.480 e. The molecule has 1 aromatic rings. The lowest BCUT2D eigenvalue weighted by Gasteiger charge is -2.26. The SMILES string of the molecule is CNC(C(=O)O)C(=O)NCC(C)(C)c1ccncc1. The number of pyridine rings is 1.